The number of nitrogens with one attached hydrogen (secondary N) is 1. The van der Waals surface area contributed by atoms with Gasteiger partial charge in [0.1, 0.15) is 22.3 Å². The van der Waals surface area contributed by atoms with Gasteiger partial charge in [-0.15, -0.1) is 11.3 Å². The molecule has 0 fully saturated rings. The summed E-state index contributed by atoms with van der Waals surface area (Å²) < 4.78 is 32.7. The fourth-order valence-corrected chi connectivity index (χ4v) is 3.51. The van der Waals surface area contributed by atoms with Crippen LogP contribution in [0.2, 0.25) is 5.02 Å². The molecule has 118 valence electrons. The zero-order valence-electron chi connectivity index (χ0n) is 11.8. The van der Waals surface area contributed by atoms with Crippen molar-refractivity contribution in [3.8, 4) is 5.75 Å². The Morgan fingerprint density at radius 2 is 2.00 bits per heavy atom. The van der Waals surface area contributed by atoms with E-state index in [9.17, 15) is 13.6 Å². The van der Waals surface area contributed by atoms with Crippen molar-refractivity contribution in [3.05, 3.63) is 57.9 Å². The summed E-state index contributed by atoms with van der Waals surface area (Å²) in [5.74, 6) is -1.71. The molecule has 0 saturated heterocycles. The summed E-state index contributed by atoms with van der Waals surface area (Å²) in [5.41, 5.74) is -0.103. The first-order chi connectivity index (χ1) is 11.0. The van der Waals surface area contributed by atoms with E-state index >= 15 is 0 Å². The van der Waals surface area contributed by atoms with Crippen LogP contribution in [-0.4, -0.2) is 13.0 Å². The molecule has 0 aliphatic rings. The van der Waals surface area contributed by atoms with Crippen molar-refractivity contribution in [1.29, 1.82) is 0 Å². The van der Waals surface area contributed by atoms with E-state index in [1.807, 2.05) is 0 Å². The highest BCUT2D eigenvalue weighted by Crippen LogP contribution is 2.39. The van der Waals surface area contributed by atoms with E-state index < -0.39 is 17.5 Å². The Balaban J connectivity index is 2.00. The number of thiophene rings is 1. The summed E-state index contributed by atoms with van der Waals surface area (Å²) >= 11 is 7.13. The fraction of sp³-hybridized carbons (Fsp3) is 0.0625. The number of rotatable bonds is 3. The minimum absolute atomic E-state index is 0.103. The molecule has 0 saturated carbocycles. The number of carbonyl (C=O) groups is 1. The monoisotopic (exact) mass is 353 g/mol. The molecular weight excluding hydrogens is 344 g/mol. The first-order valence-corrected chi connectivity index (χ1v) is 7.71. The second kappa shape index (κ2) is 6.14. The summed E-state index contributed by atoms with van der Waals surface area (Å²) in [7, 11) is 1.45. The van der Waals surface area contributed by atoms with Crippen LogP contribution in [0.3, 0.4) is 0 Å². The number of benzene rings is 2. The third-order valence-electron chi connectivity index (χ3n) is 3.20. The van der Waals surface area contributed by atoms with Gasteiger partial charge in [0.05, 0.1) is 12.8 Å². The Morgan fingerprint density at radius 3 is 2.70 bits per heavy atom. The van der Waals surface area contributed by atoms with Crippen LogP contribution < -0.4 is 10.1 Å². The molecule has 3 aromatic rings. The second-order valence-corrected chi connectivity index (χ2v) is 6.17. The van der Waals surface area contributed by atoms with Crippen LogP contribution in [-0.2, 0) is 0 Å². The molecule has 0 aliphatic carbocycles. The van der Waals surface area contributed by atoms with Crippen LogP contribution in [0.5, 0.6) is 5.75 Å². The topological polar surface area (TPSA) is 38.3 Å². The van der Waals surface area contributed by atoms with E-state index in [1.165, 1.54) is 24.5 Å². The molecule has 1 N–H and O–H groups in total. The molecule has 3 rings (SSSR count). The molecule has 3 nitrogen and oxygen atoms in total. The Labute approximate surface area is 139 Å². The van der Waals surface area contributed by atoms with E-state index in [0.29, 0.717) is 16.8 Å². The van der Waals surface area contributed by atoms with Crippen molar-refractivity contribution in [2.75, 3.05) is 12.4 Å². The first kappa shape index (κ1) is 15.7. The smallest absolute Gasteiger partial charge is 0.269 e. The van der Waals surface area contributed by atoms with E-state index in [-0.39, 0.29) is 10.6 Å². The number of carbonyl (C=O) groups excluding carboxylic acids is 1. The Hall–Kier alpha value is -2.18. The Morgan fingerprint density at radius 1 is 1.22 bits per heavy atom. The molecule has 23 heavy (non-hydrogen) atoms. The predicted octanol–water partition coefficient (Wildman–Crippen LogP) is 5.09. The molecule has 1 aromatic heterocycles. The number of hydrogen-bond donors (Lipinski definition) is 1. The molecule has 0 bridgehead atoms. The zero-order chi connectivity index (χ0) is 16.6. The van der Waals surface area contributed by atoms with Gasteiger partial charge in [-0.3, -0.25) is 4.79 Å². The molecule has 0 unspecified atom stereocenters. The van der Waals surface area contributed by atoms with E-state index in [2.05, 4.69) is 5.32 Å². The maximum Gasteiger partial charge on any atom is 0.269 e. The van der Waals surface area contributed by atoms with Gasteiger partial charge in [0.25, 0.3) is 5.91 Å². The van der Waals surface area contributed by atoms with Crippen molar-refractivity contribution in [3.63, 3.8) is 0 Å². The standard InChI is InChI=1S/C16H10ClF2NO2S/c1-22-14-10-4-2-8(17)6-13(10)23-15(14)16(21)20-12-5-3-9(18)7-11(12)19/h2-7H,1H3,(H,20,21). The molecule has 0 radical (unpaired) electrons. The molecule has 1 heterocycles. The molecule has 2 aromatic carbocycles. The predicted molar refractivity (Wildman–Crippen MR) is 87.7 cm³/mol. The number of ether oxygens (including phenoxy) is 1. The van der Waals surface area contributed by atoms with Gasteiger partial charge in [-0.25, -0.2) is 8.78 Å². The van der Waals surface area contributed by atoms with Crippen LogP contribution >= 0.6 is 22.9 Å². The van der Waals surface area contributed by atoms with Gasteiger partial charge in [0.2, 0.25) is 0 Å². The van der Waals surface area contributed by atoms with Gasteiger partial charge in [0.15, 0.2) is 0 Å². The average molecular weight is 354 g/mol. The number of amides is 1. The number of fused-ring (bicyclic) bond motifs is 1. The molecule has 1 amide bonds. The lowest BCUT2D eigenvalue weighted by Crippen LogP contribution is -2.12. The quantitative estimate of drug-likeness (QED) is 0.712. The highest BCUT2D eigenvalue weighted by Gasteiger charge is 2.20. The molecule has 0 atom stereocenters. The summed E-state index contributed by atoms with van der Waals surface area (Å²) in [4.78, 5) is 12.7. The van der Waals surface area contributed by atoms with Gasteiger partial charge in [-0.2, -0.15) is 0 Å². The Bertz CT molecular complexity index is 910. The minimum Gasteiger partial charge on any atom is -0.494 e. The maximum absolute atomic E-state index is 13.7. The average Bonchev–Trinajstić information content (AvgIpc) is 2.87. The van der Waals surface area contributed by atoms with Crippen molar-refractivity contribution in [1.82, 2.24) is 0 Å². The maximum atomic E-state index is 13.7. The lowest BCUT2D eigenvalue weighted by atomic mass is 10.2. The van der Waals surface area contributed by atoms with Crippen LogP contribution in [0.25, 0.3) is 10.1 Å². The van der Waals surface area contributed by atoms with E-state index in [0.717, 1.165) is 16.2 Å². The lowest BCUT2D eigenvalue weighted by Gasteiger charge is -2.06. The lowest BCUT2D eigenvalue weighted by molar-refractivity contribution is 0.102. The summed E-state index contributed by atoms with van der Waals surface area (Å²) in [5, 5.41) is 3.70. The fourth-order valence-electron chi connectivity index (χ4n) is 2.17. The van der Waals surface area contributed by atoms with Crippen LogP contribution in [0.4, 0.5) is 14.5 Å². The minimum atomic E-state index is -0.846. The SMILES string of the molecule is COc1c(C(=O)Nc2ccc(F)cc2F)sc2cc(Cl)ccc12. The highest BCUT2D eigenvalue weighted by atomic mass is 35.5. The van der Waals surface area contributed by atoms with E-state index in [4.69, 9.17) is 16.3 Å². The zero-order valence-corrected chi connectivity index (χ0v) is 13.4. The molecule has 0 spiro atoms. The third-order valence-corrected chi connectivity index (χ3v) is 4.56. The van der Waals surface area contributed by atoms with Crippen molar-refractivity contribution < 1.29 is 18.3 Å². The van der Waals surface area contributed by atoms with E-state index in [1.54, 1.807) is 18.2 Å². The number of hydrogen-bond acceptors (Lipinski definition) is 3. The molecule has 7 heteroatoms. The van der Waals surface area contributed by atoms with Crippen molar-refractivity contribution >= 4 is 44.6 Å². The summed E-state index contributed by atoms with van der Waals surface area (Å²) in [6.45, 7) is 0. The summed E-state index contributed by atoms with van der Waals surface area (Å²) in [6, 6.07) is 8.11. The third kappa shape index (κ3) is 3.00. The normalized spacial score (nSPS) is 10.8. The van der Waals surface area contributed by atoms with Crippen molar-refractivity contribution in [2.24, 2.45) is 0 Å². The summed E-state index contributed by atoms with van der Waals surface area (Å²) in [6.07, 6.45) is 0. The molecular formula is C16H10ClF2NO2S. The van der Waals surface area contributed by atoms with Gasteiger partial charge in [-0.1, -0.05) is 11.6 Å². The second-order valence-electron chi connectivity index (χ2n) is 4.68. The van der Waals surface area contributed by atoms with Gasteiger partial charge < -0.3 is 10.1 Å². The highest BCUT2D eigenvalue weighted by molar-refractivity contribution is 7.21. The molecule has 0 aliphatic heterocycles. The largest absolute Gasteiger partial charge is 0.494 e. The van der Waals surface area contributed by atoms with Gasteiger partial charge >= 0.3 is 0 Å². The van der Waals surface area contributed by atoms with Crippen molar-refractivity contribution in [2.45, 2.75) is 0 Å². The van der Waals surface area contributed by atoms with Crippen LogP contribution in [0.15, 0.2) is 36.4 Å². The number of halogens is 3. The van der Waals surface area contributed by atoms with Crippen LogP contribution in [0, 0.1) is 11.6 Å². The Kier molecular flexibility index (Phi) is 4.19. The number of anilines is 1. The van der Waals surface area contributed by atoms with Crippen LogP contribution in [0.1, 0.15) is 9.67 Å². The first-order valence-electron chi connectivity index (χ1n) is 6.52. The van der Waals surface area contributed by atoms with Gasteiger partial charge in [0, 0.05) is 21.2 Å². The number of methoxy groups -OCH3 is 1. The van der Waals surface area contributed by atoms with Gasteiger partial charge in [-0.05, 0) is 30.3 Å².